The van der Waals surface area contributed by atoms with Gasteiger partial charge < -0.3 is 20.7 Å². The molecule has 0 saturated heterocycles. The standard InChI is InChI=1S/C16H16N4O4/c1-2-11(21)8-24-15-12(16(22)23)13(18)19-14(20-15)10-5-3-4-9(6-10)7-17/h3-6,11,21H,2,8H2,1H3,(H,22,23)(H2,18,19,20)/t11-/m0/s1. The molecule has 124 valence electrons. The molecule has 0 fully saturated rings. The Morgan fingerprint density at radius 2 is 2.21 bits per heavy atom. The van der Waals surface area contributed by atoms with Crippen molar-refractivity contribution < 1.29 is 19.7 Å². The Labute approximate surface area is 138 Å². The van der Waals surface area contributed by atoms with Crippen molar-refractivity contribution in [1.29, 1.82) is 5.26 Å². The second-order valence-corrected chi connectivity index (χ2v) is 4.98. The monoisotopic (exact) mass is 328 g/mol. The third kappa shape index (κ3) is 3.77. The molecule has 1 aromatic heterocycles. The summed E-state index contributed by atoms with van der Waals surface area (Å²) in [5, 5.41) is 27.8. The summed E-state index contributed by atoms with van der Waals surface area (Å²) in [6, 6.07) is 8.49. The molecule has 1 aromatic carbocycles. The van der Waals surface area contributed by atoms with Gasteiger partial charge in [0.15, 0.2) is 11.4 Å². The molecule has 0 saturated carbocycles. The van der Waals surface area contributed by atoms with Crippen LogP contribution in [0, 0.1) is 11.3 Å². The molecule has 0 aliphatic heterocycles. The fraction of sp³-hybridized carbons (Fsp3) is 0.250. The number of carbonyl (C=O) groups is 1. The number of aliphatic hydroxyl groups is 1. The largest absolute Gasteiger partial charge is 0.477 e. The highest BCUT2D eigenvalue weighted by atomic mass is 16.5. The highest BCUT2D eigenvalue weighted by molar-refractivity contribution is 5.95. The van der Waals surface area contributed by atoms with Crippen molar-refractivity contribution >= 4 is 11.8 Å². The maximum atomic E-state index is 11.4. The van der Waals surface area contributed by atoms with E-state index in [4.69, 9.17) is 15.7 Å². The summed E-state index contributed by atoms with van der Waals surface area (Å²) in [6.45, 7) is 1.64. The summed E-state index contributed by atoms with van der Waals surface area (Å²) < 4.78 is 5.32. The Balaban J connectivity index is 2.49. The van der Waals surface area contributed by atoms with Gasteiger partial charge in [-0.15, -0.1) is 0 Å². The van der Waals surface area contributed by atoms with E-state index < -0.39 is 12.1 Å². The van der Waals surface area contributed by atoms with Crippen molar-refractivity contribution in [3.63, 3.8) is 0 Å². The number of benzene rings is 1. The van der Waals surface area contributed by atoms with E-state index in [0.717, 1.165) is 0 Å². The van der Waals surface area contributed by atoms with Gasteiger partial charge in [-0.1, -0.05) is 19.1 Å². The van der Waals surface area contributed by atoms with Crippen LogP contribution in [0.3, 0.4) is 0 Å². The number of aromatic nitrogens is 2. The molecule has 0 aliphatic carbocycles. The van der Waals surface area contributed by atoms with Crippen molar-refractivity contribution in [3.8, 4) is 23.3 Å². The summed E-state index contributed by atoms with van der Waals surface area (Å²) in [6.07, 6.45) is -0.312. The summed E-state index contributed by atoms with van der Waals surface area (Å²) in [7, 11) is 0. The van der Waals surface area contributed by atoms with Crippen LogP contribution in [0.2, 0.25) is 0 Å². The van der Waals surface area contributed by atoms with Gasteiger partial charge in [-0.3, -0.25) is 0 Å². The minimum atomic E-state index is -1.33. The minimum Gasteiger partial charge on any atom is -0.477 e. The number of nitrogen functional groups attached to an aromatic ring is 1. The fourth-order valence-corrected chi connectivity index (χ4v) is 1.91. The molecule has 1 atom stereocenters. The number of anilines is 1. The van der Waals surface area contributed by atoms with Crippen LogP contribution in [0.15, 0.2) is 24.3 Å². The molecule has 0 unspecified atom stereocenters. The molecule has 8 heteroatoms. The van der Waals surface area contributed by atoms with Gasteiger partial charge in [0.2, 0.25) is 5.88 Å². The summed E-state index contributed by atoms with van der Waals surface area (Å²) in [5.41, 5.74) is 6.27. The van der Waals surface area contributed by atoms with Gasteiger partial charge in [0.25, 0.3) is 0 Å². The molecule has 4 N–H and O–H groups in total. The lowest BCUT2D eigenvalue weighted by Gasteiger charge is -2.13. The van der Waals surface area contributed by atoms with Crippen LogP contribution in [0.4, 0.5) is 5.82 Å². The average Bonchev–Trinajstić information content (AvgIpc) is 2.58. The quantitative estimate of drug-likeness (QED) is 0.723. The first kappa shape index (κ1) is 17.2. The number of nitrogens with two attached hydrogens (primary N) is 1. The van der Waals surface area contributed by atoms with E-state index in [1.165, 1.54) is 0 Å². The SMILES string of the molecule is CC[C@H](O)COc1nc(-c2cccc(C#N)c2)nc(N)c1C(=O)O. The van der Waals surface area contributed by atoms with Gasteiger partial charge in [0, 0.05) is 5.56 Å². The second-order valence-electron chi connectivity index (χ2n) is 4.98. The Morgan fingerprint density at radius 3 is 2.83 bits per heavy atom. The number of hydrogen-bond acceptors (Lipinski definition) is 7. The van der Waals surface area contributed by atoms with Gasteiger partial charge in [-0.05, 0) is 18.6 Å². The topological polar surface area (TPSA) is 142 Å². The van der Waals surface area contributed by atoms with E-state index in [1.54, 1.807) is 31.2 Å². The van der Waals surface area contributed by atoms with E-state index >= 15 is 0 Å². The molecule has 0 radical (unpaired) electrons. The van der Waals surface area contributed by atoms with Crippen LogP contribution < -0.4 is 10.5 Å². The Morgan fingerprint density at radius 1 is 1.46 bits per heavy atom. The third-order valence-electron chi connectivity index (χ3n) is 3.25. The molecule has 0 amide bonds. The van der Waals surface area contributed by atoms with Crippen LogP contribution >= 0.6 is 0 Å². The van der Waals surface area contributed by atoms with Gasteiger partial charge >= 0.3 is 5.97 Å². The van der Waals surface area contributed by atoms with Crippen molar-refractivity contribution in [1.82, 2.24) is 9.97 Å². The smallest absolute Gasteiger partial charge is 0.345 e. The first-order valence-corrected chi connectivity index (χ1v) is 7.18. The van der Waals surface area contributed by atoms with Crippen LogP contribution in [0.1, 0.15) is 29.3 Å². The summed E-state index contributed by atoms with van der Waals surface area (Å²) >= 11 is 0. The average molecular weight is 328 g/mol. The Bertz CT molecular complexity index is 801. The van der Waals surface area contributed by atoms with Crippen molar-refractivity contribution in [2.75, 3.05) is 12.3 Å². The Hall–Kier alpha value is -3.18. The van der Waals surface area contributed by atoms with E-state index in [9.17, 15) is 15.0 Å². The number of carboxylic acid groups (broad SMARTS) is 1. The van der Waals surface area contributed by atoms with Gasteiger partial charge in [0.1, 0.15) is 12.4 Å². The second kappa shape index (κ2) is 7.39. The van der Waals surface area contributed by atoms with Gasteiger partial charge in [-0.2, -0.15) is 10.2 Å². The summed E-state index contributed by atoms with van der Waals surface area (Å²) in [5.74, 6) is -1.67. The number of aliphatic hydroxyl groups excluding tert-OH is 1. The summed E-state index contributed by atoms with van der Waals surface area (Å²) in [4.78, 5) is 19.4. The van der Waals surface area contributed by atoms with Crippen molar-refractivity contribution in [2.24, 2.45) is 0 Å². The number of hydrogen-bond donors (Lipinski definition) is 3. The van der Waals surface area contributed by atoms with Crippen molar-refractivity contribution in [2.45, 2.75) is 19.4 Å². The van der Waals surface area contributed by atoms with Gasteiger partial charge in [0.05, 0.1) is 17.7 Å². The molecule has 0 spiro atoms. The number of ether oxygens (including phenoxy) is 1. The van der Waals surface area contributed by atoms with Crippen LogP contribution in [-0.2, 0) is 0 Å². The molecule has 1 heterocycles. The number of carboxylic acids is 1. The van der Waals surface area contributed by atoms with E-state index in [-0.39, 0.29) is 29.7 Å². The normalized spacial score (nSPS) is 11.5. The lowest BCUT2D eigenvalue weighted by Crippen LogP contribution is -2.19. The predicted octanol–water partition coefficient (Wildman–Crippen LogP) is 1.45. The highest BCUT2D eigenvalue weighted by Gasteiger charge is 2.21. The molecular formula is C16H16N4O4. The maximum absolute atomic E-state index is 11.4. The molecule has 0 bridgehead atoms. The number of rotatable bonds is 6. The lowest BCUT2D eigenvalue weighted by molar-refractivity contribution is 0.0680. The molecule has 0 aliphatic rings. The first-order valence-electron chi connectivity index (χ1n) is 7.18. The van der Waals surface area contributed by atoms with Gasteiger partial charge in [-0.25, -0.2) is 9.78 Å². The number of nitriles is 1. The van der Waals surface area contributed by atoms with E-state index in [2.05, 4.69) is 9.97 Å². The molecule has 2 aromatic rings. The van der Waals surface area contributed by atoms with Crippen LogP contribution in [-0.4, -0.2) is 38.9 Å². The van der Waals surface area contributed by atoms with E-state index in [0.29, 0.717) is 17.5 Å². The molecule has 2 rings (SSSR count). The Kier molecular flexibility index (Phi) is 5.29. The third-order valence-corrected chi connectivity index (χ3v) is 3.25. The predicted molar refractivity (Wildman–Crippen MR) is 85.3 cm³/mol. The minimum absolute atomic E-state index is 0.120. The highest BCUT2D eigenvalue weighted by Crippen LogP contribution is 2.26. The van der Waals surface area contributed by atoms with Crippen molar-refractivity contribution in [3.05, 3.63) is 35.4 Å². The van der Waals surface area contributed by atoms with E-state index in [1.807, 2.05) is 6.07 Å². The first-order chi connectivity index (χ1) is 11.5. The molecule has 24 heavy (non-hydrogen) atoms. The molecular weight excluding hydrogens is 312 g/mol. The molecule has 8 nitrogen and oxygen atoms in total. The van der Waals surface area contributed by atoms with Crippen LogP contribution in [0.25, 0.3) is 11.4 Å². The van der Waals surface area contributed by atoms with Crippen LogP contribution in [0.5, 0.6) is 5.88 Å². The maximum Gasteiger partial charge on any atom is 0.345 e. The zero-order valence-electron chi connectivity index (χ0n) is 12.9. The fourth-order valence-electron chi connectivity index (χ4n) is 1.91. The zero-order chi connectivity index (χ0) is 17.7. The number of aromatic carboxylic acids is 1. The lowest BCUT2D eigenvalue weighted by atomic mass is 10.1. The number of nitrogens with zero attached hydrogens (tertiary/aromatic N) is 3. The zero-order valence-corrected chi connectivity index (χ0v) is 12.9.